The first-order chi connectivity index (χ1) is 13.3. The van der Waals surface area contributed by atoms with Gasteiger partial charge in [0.1, 0.15) is 0 Å². The summed E-state index contributed by atoms with van der Waals surface area (Å²) < 4.78 is 39.5. The Labute approximate surface area is 161 Å². The van der Waals surface area contributed by atoms with Crippen molar-refractivity contribution in [3.8, 4) is 0 Å². The Morgan fingerprint density at radius 3 is 2.14 bits per heavy atom. The highest BCUT2D eigenvalue weighted by atomic mass is 19.4. The fraction of sp³-hybridized carbons (Fsp3) is 0.136. The summed E-state index contributed by atoms with van der Waals surface area (Å²) in [5.41, 5.74) is 1.18. The maximum atomic E-state index is 13.2. The highest BCUT2D eigenvalue weighted by molar-refractivity contribution is 6.06. The van der Waals surface area contributed by atoms with E-state index in [1.807, 2.05) is 30.3 Å². The summed E-state index contributed by atoms with van der Waals surface area (Å²) >= 11 is 0. The fourth-order valence-corrected chi connectivity index (χ4v) is 2.87. The molecule has 0 aliphatic rings. The van der Waals surface area contributed by atoms with E-state index in [9.17, 15) is 18.0 Å². The zero-order valence-corrected chi connectivity index (χ0v) is 15.2. The average Bonchev–Trinajstić information content (AvgIpc) is 2.68. The van der Waals surface area contributed by atoms with Crippen LogP contribution in [-0.2, 0) is 12.7 Å². The SMILES string of the molecule is CN(Cc1ccccc1)c1ccc(C(F)(F)F)cc1NC(=O)c1ccccc1. The first-order valence-electron chi connectivity index (χ1n) is 8.67. The molecular weight excluding hydrogens is 365 g/mol. The van der Waals surface area contributed by atoms with Crippen LogP contribution in [-0.4, -0.2) is 13.0 Å². The van der Waals surface area contributed by atoms with Gasteiger partial charge in [0.15, 0.2) is 0 Å². The number of nitrogens with one attached hydrogen (secondary N) is 1. The van der Waals surface area contributed by atoms with E-state index in [2.05, 4.69) is 5.32 Å². The van der Waals surface area contributed by atoms with Crippen LogP contribution < -0.4 is 10.2 Å². The number of rotatable bonds is 5. The molecule has 0 aliphatic carbocycles. The van der Waals surface area contributed by atoms with Crippen molar-refractivity contribution in [2.24, 2.45) is 0 Å². The van der Waals surface area contributed by atoms with Gasteiger partial charge in [0.05, 0.1) is 16.9 Å². The third-order valence-electron chi connectivity index (χ3n) is 4.28. The van der Waals surface area contributed by atoms with Crippen LogP contribution in [0, 0.1) is 0 Å². The Kier molecular flexibility index (Phi) is 5.68. The average molecular weight is 384 g/mol. The molecule has 0 spiro atoms. The van der Waals surface area contributed by atoms with Crippen molar-refractivity contribution in [2.45, 2.75) is 12.7 Å². The molecule has 3 aromatic rings. The number of anilines is 2. The number of alkyl halides is 3. The lowest BCUT2D eigenvalue weighted by molar-refractivity contribution is -0.137. The second-order valence-corrected chi connectivity index (χ2v) is 6.39. The van der Waals surface area contributed by atoms with Gasteiger partial charge < -0.3 is 10.2 Å². The number of hydrogen-bond acceptors (Lipinski definition) is 2. The van der Waals surface area contributed by atoms with Crippen LogP contribution in [0.25, 0.3) is 0 Å². The fourth-order valence-electron chi connectivity index (χ4n) is 2.87. The lowest BCUT2D eigenvalue weighted by atomic mass is 10.1. The summed E-state index contributed by atoms with van der Waals surface area (Å²) in [5.74, 6) is -0.464. The van der Waals surface area contributed by atoms with Crippen molar-refractivity contribution in [1.29, 1.82) is 0 Å². The summed E-state index contributed by atoms with van der Waals surface area (Å²) in [4.78, 5) is 14.3. The van der Waals surface area contributed by atoms with Gasteiger partial charge in [0.2, 0.25) is 0 Å². The molecule has 3 rings (SSSR count). The van der Waals surface area contributed by atoms with Gasteiger partial charge in [-0.2, -0.15) is 13.2 Å². The maximum absolute atomic E-state index is 13.2. The molecule has 0 aliphatic heterocycles. The molecule has 6 heteroatoms. The standard InChI is InChI=1S/C22H19F3N2O/c1-27(15-16-8-4-2-5-9-16)20-13-12-18(22(23,24)25)14-19(20)26-21(28)17-10-6-3-7-11-17/h2-14H,15H2,1H3,(H,26,28). The Morgan fingerprint density at radius 2 is 1.54 bits per heavy atom. The van der Waals surface area contributed by atoms with Crippen LogP contribution >= 0.6 is 0 Å². The first-order valence-corrected chi connectivity index (χ1v) is 8.67. The van der Waals surface area contributed by atoms with E-state index < -0.39 is 17.6 Å². The second-order valence-electron chi connectivity index (χ2n) is 6.39. The van der Waals surface area contributed by atoms with E-state index in [1.54, 1.807) is 42.3 Å². The predicted molar refractivity (Wildman–Crippen MR) is 104 cm³/mol. The largest absolute Gasteiger partial charge is 0.416 e. The van der Waals surface area contributed by atoms with Crippen molar-refractivity contribution in [1.82, 2.24) is 0 Å². The molecule has 3 nitrogen and oxygen atoms in total. The maximum Gasteiger partial charge on any atom is 0.416 e. The minimum Gasteiger partial charge on any atom is -0.369 e. The second kappa shape index (κ2) is 8.17. The number of carbonyl (C=O) groups is 1. The molecule has 1 N–H and O–H groups in total. The number of halogens is 3. The summed E-state index contributed by atoms with van der Waals surface area (Å²) in [6.45, 7) is 0.487. The van der Waals surface area contributed by atoms with Crippen molar-refractivity contribution >= 4 is 17.3 Å². The minimum absolute atomic E-state index is 0.113. The predicted octanol–water partition coefficient (Wildman–Crippen LogP) is 5.59. The summed E-state index contributed by atoms with van der Waals surface area (Å²) in [6, 6.07) is 21.3. The van der Waals surface area contributed by atoms with E-state index in [4.69, 9.17) is 0 Å². The Morgan fingerprint density at radius 1 is 0.929 bits per heavy atom. The number of amides is 1. The van der Waals surface area contributed by atoms with Crippen LogP contribution in [0.5, 0.6) is 0 Å². The molecule has 1 amide bonds. The van der Waals surface area contributed by atoms with Crippen molar-refractivity contribution in [2.75, 3.05) is 17.3 Å². The normalized spacial score (nSPS) is 11.1. The highest BCUT2D eigenvalue weighted by Crippen LogP contribution is 2.35. The molecule has 0 atom stereocenters. The molecule has 0 bridgehead atoms. The smallest absolute Gasteiger partial charge is 0.369 e. The molecule has 0 saturated heterocycles. The molecule has 144 valence electrons. The number of nitrogens with zero attached hydrogens (tertiary/aromatic N) is 1. The summed E-state index contributed by atoms with van der Waals surface area (Å²) in [5, 5.41) is 2.63. The summed E-state index contributed by atoms with van der Waals surface area (Å²) in [6.07, 6.45) is -4.50. The molecule has 28 heavy (non-hydrogen) atoms. The summed E-state index contributed by atoms with van der Waals surface area (Å²) in [7, 11) is 1.77. The first kappa shape index (κ1) is 19.5. The van der Waals surface area contributed by atoms with Crippen LogP contribution in [0.3, 0.4) is 0 Å². The van der Waals surface area contributed by atoms with Crippen LogP contribution in [0.4, 0.5) is 24.5 Å². The van der Waals surface area contributed by atoms with E-state index in [0.29, 0.717) is 17.8 Å². The van der Waals surface area contributed by atoms with Gasteiger partial charge in [-0.3, -0.25) is 4.79 Å². The van der Waals surface area contributed by atoms with E-state index in [0.717, 1.165) is 17.7 Å². The quantitative estimate of drug-likeness (QED) is 0.622. The Hall–Kier alpha value is -3.28. The molecule has 0 saturated carbocycles. The van der Waals surface area contributed by atoms with Crippen LogP contribution in [0.1, 0.15) is 21.5 Å². The zero-order chi connectivity index (χ0) is 20.1. The Balaban J connectivity index is 1.93. The van der Waals surface area contributed by atoms with Gasteiger partial charge in [-0.1, -0.05) is 48.5 Å². The lowest BCUT2D eigenvalue weighted by Gasteiger charge is -2.24. The zero-order valence-electron chi connectivity index (χ0n) is 15.2. The molecule has 0 heterocycles. The highest BCUT2D eigenvalue weighted by Gasteiger charge is 2.31. The van der Waals surface area contributed by atoms with Gasteiger partial charge in [-0.05, 0) is 35.9 Å². The van der Waals surface area contributed by atoms with Crippen molar-refractivity contribution in [3.63, 3.8) is 0 Å². The monoisotopic (exact) mass is 384 g/mol. The van der Waals surface area contributed by atoms with Gasteiger partial charge in [-0.15, -0.1) is 0 Å². The molecule has 3 aromatic carbocycles. The van der Waals surface area contributed by atoms with Crippen molar-refractivity contribution < 1.29 is 18.0 Å². The Bertz CT molecular complexity index is 941. The van der Waals surface area contributed by atoms with Gasteiger partial charge in [-0.25, -0.2) is 0 Å². The lowest BCUT2D eigenvalue weighted by Crippen LogP contribution is -2.21. The molecule has 0 aromatic heterocycles. The number of carbonyl (C=O) groups excluding carboxylic acids is 1. The van der Waals surface area contributed by atoms with E-state index in [-0.39, 0.29) is 5.69 Å². The van der Waals surface area contributed by atoms with E-state index >= 15 is 0 Å². The van der Waals surface area contributed by atoms with E-state index in [1.165, 1.54) is 6.07 Å². The molecule has 0 unspecified atom stereocenters. The van der Waals surface area contributed by atoms with Crippen LogP contribution in [0.15, 0.2) is 78.9 Å². The molecule has 0 fully saturated rings. The molecular formula is C22H19F3N2O. The van der Waals surface area contributed by atoms with Crippen molar-refractivity contribution in [3.05, 3.63) is 95.6 Å². The topological polar surface area (TPSA) is 32.3 Å². The van der Waals surface area contributed by atoms with Gasteiger partial charge in [0.25, 0.3) is 5.91 Å². The van der Waals surface area contributed by atoms with Gasteiger partial charge >= 0.3 is 6.18 Å². The third kappa shape index (κ3) is 4.71. The molecule has 0 radical (unpaired) electrons. The minimum atomic E-state index is -4.50. The van der Waals surface area contributed by atoms with Gasteiger partial charge in [0, 0.05) is 19.2 Å². The van der Waals surface area contributed by atoms with Crippen LogP contribution in [0.2, 0.25) is 0 Å². The number of hydrogen-bond donors (Lipinski definition) is 1. The third-order valence-corrected chi connectivity index (χ3v) is 4.28. The number of benzene rings is 3.